The predicted octanol–water partition coefficient (Wildman–Crippen LogP) is 4.34. The summed E-state index contributed by atoms with van der Waals surface area (Å²) in [5.41, 5.74) is 3.52. The van der Waals surface area contributed by atoms with E-state index >= 15 is 0 Å². The van der Waals surface area contributed by atoms with E-state index in [0.29, 0.717) is 27.4 Å². The van der Waals surface area contributed by atoms with Gasteiger partial charge >= 0.3 is 5.76 Å². The van der Waals surface area contributed by atoms with Gasteiger partial charge in [-0.1, -0.05) is 31.5 Å². The van der Waals surface area contributed by atoms with Crippen molar-refractivity contribution >= 4 is 34.3 Å². The largest absolute Gasteiger partial charge is 0.417 e. The van der Waals surface area contributed by atoms with Crippen molar-refractivity contribution in [2.24, 2.45) is 0 Å². The van der Waals surface area contributed by atoms with Gasteiger partial charge in [-0.3, -0.25) is 9.78 Å². The molecule has 28 heavy (non-hydrogen) atoms. The highest BCUT2D eigenvalue weighted by Gasteiger charge is 2.21. The molecule has 0 saturated carbocycles. The van der Waals surface area contributed by atoms with E-state index in [9.17, 15) is 9.59 Å². The molecule has 2 aromatic carbocycles. The van der Waals surface area contributed by atoms with Crippen molar-refractivity contribution in [2.75, 3.05) is 5.32 Å². The average molecular weight is 397 g/mol. The van der Waals surface area contributed by atoms with Crippen LogP contribution in [0, 0.1) is 0 Å². The van der Waals surface area contributed by atoms with E-state index in [1.54, 1.807) is 41.2 Å². The number of aromatic nitrogens is 3. The van der Waals surface area contributed by atoms with Crippen LogP contribution in [0.4, 0.5) is 5.69 Å². The van der Waals surface area contributed by atoms with Crippen LogP contribution in [0.15, 0.2) is 57.9 Å². The van der Waals surface area contributed by atoms with E-state index in [4.69, 9.17) is 16.0 Å². The Morgan fingerprint density at radius 3 is 2.82 bits per heavy atom. The molecule has 2 heterocycles. The Morgan fingerprint density at radius 1 is 1.25 bits per heavy atom. The standard InChI is InChI=1S/C20H17ClN4O3/c1-11(2)18-15(10-22-25(18)14-5-3-4-12(21)8-14)19(26)23-13-6-7-17-16(9-13)24-20(27)28-17/h3-11H,1-2H3,(H,23,26)(H,24,27). The first-order valence-corrected chi connectivity index (χ1v) is 9.08. The minimum absolute atomic E-state index is 0.0509. The smallest absolute Gasteiger partial charge is 0.408 e. The molecule has 4 rings (SSSR count). The van der Waals surface area contributed by atoms with Gasteiger partial charge in [0, 0.05) is 10.7 Å². The fourth-order valence-corrected chi connectivity index (χ4v) is 3.31. The molecular weight excluding hydrogens is 380 g/mol. The molecule has 7 nitrogen and oxygen atoms in total. The lowest BCUT2D eigenvalue weighted by atomic mass is 10.0. The van der Waals surface area contributed by atoms with Crippen LogP contribution in [-0.2, 0) is 0 Å². The van der Waals surface area contributed by atoms with Crippen molar-refractivity contribution in [3.8, 4) is 5.69 Å². The van der Waals surface area contributed by atoms with Gasteiger partial charge < -0.3 is 9.73 Å². The zero-order chi connectivity index (χ0) is 19.8. The molecular formula is C20H17ClN4O3. The molecule has 0 atom stereocenters. The van der Waals surface area contributed by atoms with Gasteiger partial charge in [0.1, 0.15) is 0 Å². The molecule has 0 bridgehead atoms. The minimum Gasteiger partial charge on any atom is -0.408 e. The number of aromatic amines is 1. The van der Waals surface area contributed by atoms with Gasteiger partial charge in [0.15, 0.2) is 5.58 Å². The molecule has 0 aliphatic carbocycles. The second-order valence-electron chi connectivity index (χ2n) is 6.67. The summed E-state index contributed by atoms with van der Waals surface area (Å²) >= 11 is 6.10. The van der Waals surface area contributed by atoms with E-state index in [-0.39, 0.29) is 11.8 Å². The van der Waals surface area contributed by atoms with Gasteiger partial charge in [0.25, 0.3) is 5.91 Å². The van der Waals surface area contributed by atoms with Gasteiger partial charge in [0.05, 0.1) is 28.7 Å². The van der Waals surface area contributed by atoms with E-state index in [1.165, 1.54) is 0 Å². The molecule has 0 spiro atoms. The summed E-state index contributed by atoms with van der Waals surface area (Å²) in [5.74, 6) is -0.777. The van der Waals surface area contributed by atoms with Crippen LogP contribution in [0.25, 0.3) is 16.8 Å². The number of hydrogen-bond acceptors (Lipinski definition) is 4. The quantitative estimate of drug-likeness (QED) is 0.536. The van der Waals surface area contributed by atoms with Gasteiger partial charge in [-0.25, -0.2) is 9.48 Å². The maximum absolute atomic E-state index is 12.9. The van der Waals surface area contributed by atoms with Gasteiger partial charge in [-0.15, -0.1) is 0 Å². The number of nitrogens with zero attached hydrogens (tertiary/aromatic N) is 2. The van der Waals surface area contributed by atoms with Crippen LogP contribution in [0.3, 0.4) is 0 Å². The lowest BCUT2D eigenvalue weighted by Gasteiger charge is -2.13. The first kappa shape index (κ1) is 18.1. The monoisotopic (exact) mass is 396 g/mol. The Balaban J connectivity index is 1.69. The number of amides is 1. The second kappa shape index (κ2) is 7.01. The van der Waals surface area contributed by atoms with Crippen LogP contribution in [0.1, 0.15) is 35.8 Å². The number of rotatable bonds is 4. The highest BCUT2D eigenvalue weighted by Crippen LogP contribution is 2.25. The highest BCUT2D eigenvalue weighted by molar-refractivity contribution is 6.30. The average Bonchev–Trinajstić information content (AvgIpc) is 3.24. The van der Waals surface area contributed by atoms with E-state index in [1.807, 2.05) is 26.0 Å². The van der Waals surface area contributed by atoms with Gasteiger partial charge in [0.2, 0.25) is 0 Å². The van der Waals surface area contributed by atoms with Crippen molar-refractivity contribution in [1.29, 1.82) is 0 Å². The summed E-state index contributed by atoms with van der Waals surface area (Å²) in [7, 11) is 0. The Morgan fingerprint density at radius 2 is 2.07 bits per heavy atom. The van der Waals surface area contributed by atoms with Crippen LogP contribution in [0.2, 0.25) is 5.02 Å². The summed E-state index contributed by atoms with van der Waals surface area (Å²) in [6.07, 6.45) is 1.55. The van der Waals surface area contributed by atoms with Crippen molar-refractivity contribution in [3.63, 3.8) is 0 Å². The zero-order valence-electron chi connectivity index (χ0n) is 15.2. The molecule has 0 aliphatic heterocycles. The third kappa shape index (κ3) is 3.32. The lowest BCUT2D eigenvalue weighted by Crippen LogP contribution is -2.15. The third-order valence-corrected chi connectivity index (χ3v) is 4.56. The summed E-state index contributed by atoms with van der Waals surface area (Å²) in [6.45, 7) is 3.99. The van der Waals surface area contributed by atoms with Crippen LogP contribution in [-0.4, -0.2) is 20.7 Å². The van der Waals surface area contributed by atoms with Crippen molar-refractivity contribution in [2.45, 2.75) is 19.8 Å². The van der Waals surface area contributed by atoms with Crippen LogP contribution >= 0.6 is 11.6 Å². The van der Waals surface area contributed by atoms with E-state index < -0.39 is 5.76 Å². The topological polar surface area (TPSA) is 92.9 Å². The molecule has 8 heteroatoms. The molecule has 2 N–H and O–H groups in total. The van der Waals surface area contributed by atoms with Crippen LogP contribution < -0.4 is 11.1 Å². The van der Waals surface area contributed by atoms with Gasteiger partial charge in [-0.05, 0) is 42.3 Å². The number of H-pyrrole nitrogens is 1. The number of oxazole rings is 1. The SMILES string of the molecule is CC(C)c1c(C(=O)Nc2ccc3oc(=O)[nH]c3c2)cnn1-c1cccc(Cl)c1. The van der Waals surface area contributed by atoms with E-state index in [2.05, 4.69) is 15.4 Å². The lowest BCUT2D eigenvalue weighted by molar-refractivity contribution is 0.102. The van der Waals surface area contributed by atoms with E-state index in [0.717, 1.165) is 11.4 Å². The van der Waals surface area contributed by atoms with Crippen LogP contribution in [0.5, 0.6) is 0 Å². The third-order valence-electron chi connectivity index (χ3n) is 4.33. The normalized spacial score (nSPS) is 11.3. The van der Waals surface area contributed by atoms with Gasteiger partial charge in [-0.2, -0.15) is 5.10 Å². The molecule has 0 saturated heterocycles. The first-order valence-electron chi connectivity index (χ1n) is 8.70. The maximum atomic E-state index is 12.9. The Kier molecular flexibility index (Phi) is 4.52. The second-order valence-corrected chi connectivity index (χ2v) is 7.11. The summed E-state index contributed by atoms with van der Waals surface area (Å²) < 4.78 is 6.70. The molecule has 0 fully saturated rings. The molecule has 1 amide bonds. The number of nitrogens with one attached hydrogen (secondary N) is 2. The first-order chi connectivity index (χ1) is 13.4. The number of hydrogen-bond donors (Lipinski definition) is 2. The number of benzene rings is 2. The number of anilines is 1. The highest BCUT2D eigenvalue weighted by atomic mass is 35.5. The zero-order valence-corrected chi connectivity index (χ0v) is 15.9. The maximum Gasteiger partial charge on any atom is 0.417 e. The molecule has 0 radical (unpaired) electrons. The fraction of sp³-hybridized carbons (Fsp3) is 0.150. The Labute approximate surface area is 164 Å². The number of fused-ring (bicyclic) bond motifs is 1. The number of carbonyl (C=O) groups is 1. The summed E-state index contributed by atoms with van der Waals surface area (Å²) in [5, 5.41) is 7.84. The van der Waals surface area contributed by atoms with Crippen molar-refractivity contribution in [3.05, 3.63) is 75.5 Å². The number of halogens is 1. The summed E-state index contributed by atoms with van der Waals surface area (Å²) in [6, 6.07) is 12.3. The molecule has 142 valence electrons. The molecule has 2 aromatic heterocycles. The predicted molar refractivity (Wildman–Crippen MR) is 107 cm³/mol. The molecule has 0 unspecified atom stereocenters. The minimum atomic E-state index is -0.539. The number of carbonyl (C=O) groups excluding carboxylic acids is 1. The molecule has 4 aromatic rings. The summed E-state index contributed by atoms with van der Waals surface area (Å²) in [4.78, 5) is 26.8. The Bertz CT molecular complexity index is 1240. The van der Waals surface area contributed by atoms with Crippen molar-refractivity contribution in [1.82, 2.24) is 14.8 Å². The molecule has 0 aliphatic rings. The fourth-order valence-electron chi connectivity index (χ4n) is 3.13. The van der Waals surface area contributed by atoms with Crippen molar-refractivity contribution < 1.29 is 9.21 Å². The Hall–Kier alpha value is -3.32.